The van der Waals surface area contributed by atoms with E-state index in [-0.39, 0.29) is 24.5 Å². The second-order valence-electron chi connectivity index (χ2n) is 6.56. The molecule has 0 bridgehead atoms. The van der Waals surface area contributed by atoms with Crippen LogP contribution in [0.5, 0.6) is 0 Å². The molecule has 1 aromatic rings. The van der Waals surface area contributed by atoms with Gasteiger partial charge in [-0.25, -0.2) is 0 Å². The van der Waals surface area contributed by atoms with Crippen LogP contribution in [-0.4, -0.2) is 61.8 Å². The monoisotopic (exact) mass is 332 g/mol. The largest absolute Gasteiger partial charge is 0.384 e. The molecule has 1 aromatic carbocycles. The van der Waals surface area contributed by atoms with Gasteiger partial charge >= 0.3 is 0 Å². The molecule has 2 atom stereocenters. The molecule has 0 N–H and O–H groups in total. The fourth-order valence-corrected chi connectivity index (χ4v) is 3.63. The van der Waals surface area contributed by atoms with Crippen molar-refractivity contribution in [3.05, 3.63) is 30.3 Å². The molecule has 130 valence electrons. The molecule has 6 nitrogen and oxygen atoms in total. The molecule has 0 saturated carbocycles. The van der Waals surface area contributed by atoms with Crippen LogP contribution in [0.2, 0.25) is 0 Å². The number of para-hydroxylation sites is 1. The van der Waals surface area contributed by atoms with Crippen molar-refractivity contribution >= 4 is 17.5 Å². The summed E-state index contributed by atoms with van der Waals surface area (Å²) in [6, 6.07) is 9.62. The zero-order chi connectivity index (χ0) is 17.2. The average Bonchev–Trinajstić information content (AvgIpc) is 2.60. The summed E-state index contributed by atoms with van der Waals surface area (Å²) < 4.78 is 10.9. The predicted molar refractivity (Wildman–Crippen MR) is 89.8 cm³/mol. The molecule has 0 aromatic heterocycles. The Morgan fingerprint density at radius 2 is 2.12 bits per heavy atom. The summed E-state index contributed by atoms with van der Waals surface area (Å²) in [7, 11) is 1.59. The number of hydrogen-bond donors (Lipinski definition) is 0. The maximum Gasteiger partial charge on any atom is 0.253 e. The second-order valence-corrected chi connectivity index (χ2v) is 6.56. The second kappa shape index (κ2) is 6.91. The van der Waals surface area contributed by atoms with Gasteiger partial charge in [0, 0.05) is 19.3 Å². The highest BCUT2D eigenvalue weighted by Crippen LogP contribution is 2.36. The van der Waals surface area contributed by atoms with Gasteiger partial charge in [-0.2, -0.15) is 0 Å². The van der Waals surface area contributed by atoms with Crippen LogP contribution >= 0.6 is 0 Å². The van der Waals surface area contributed by atoms with E-state index in [0.29, 0.717) is 32.5 Å². The number of morpholine rings is 1. The zero-order valence-corrected chi connectivity index (χ0v) is 14.2. The average molecular weight is 332 g/mol. The highest BCUT2D eigenvalue weighted by atomic mass is 16.5. The standard InChI is InChI=1S/C18H24N2O4/c1-18-13-19(16(21)9-11-23-2)10-8-15(18)20(17(22)12-24-18)14-6-4-3-5-7-14/h3-7,15H,8-13H2,1-2H3/t15-,18-/m1/s1. The highest BCUT2D eigenvalue weighted by Gasteiger charge is 2.50. The van der Waals surface area contributed by atoms with Crippen molar-refractivity contribution in [2.24, 2.45) is 0 Å². The van der Waals surface area contributed by atoms with Crippen LogP contribution in [0, 0.1) is 0 Å². The normalized spacial score (nSPS) is 27.1. The lowest BCUT2D eigenvalue weighted by Gasteiger charge is -2.52. The fourth-order valence-electron chi connectivity index (χ4n) is 3.63. The molecule has 0 unspecified atom stereocenters. The van der Waals surface area contributed by atoms with Gasteiger partial charge < -0.3 is 19.3 Å². The lowest BCUT2D eigenvalue weighted by atomic mass is 9.85. The van der Waals surface area contributed by atoms with E-state index in [1.807, 2.05) is 47.1 Å². The van der Waals surface area contributed by atoms with E-state index in [4.69, 9.17) is 9.47 Å². The van der Waals surface area contributed by atoms with Crippen molar-refractivity contribution in [3.63, 3.8) is 0 Å². The van der Waals surface area contributed by atoms with Gasteiger partial charge in [0.1, 0.15) is 12.2 Å². The Bertz CT molecular complexity index is 606. The van der Waals surface area contributed by atoms with E-state index in [1.165, 1.54) is 0 Å². The molecule has 6 heteroatoms. The molecule has 2 fully saturated rings. The lowest BCUT2D eigenvalue weighted by Crippen LogP contribution is -2.68. The van der Waals surface area contributed by atoms with Crippen LogP contribution < -0.4 is 4.90 Å². The summed E-state index contributed by atoms with van der Waals surface area (Å²) in [5, 5.41) is 0. The van der Waals surface area contributed by atoms with Crippen LogP contribution in [0.4, 0.5) is 5.69 Å². The smallest absolute Gasteiger partial charge is 0.253 e. The van der Waals surface area contributed by atoms with Gasteiger partial charge in [-0.3, -0.25) is 9.59 Å². The quantitative estimate of drug-likeness (QED) is 0.837. The number of likely N-dealkylation sites (tertiary alicyclic amines) is 1. The third-order valence-electron chi connectivity index (χ3n) is 4.90. The van der Waals surface area contributed by atoms with Crippen LogP contribution in [0.15, 0.2) is 30.3 Å². The lowest BCUT2D eigenvalue weighted by molar-refractivity contribution is -0.158. The van der Waals surface area contributed by atoms with E-state index in [0.717, 1.165) is 5.69 Å². The van der Waals surface area contributed by atoms with Crippen molar-refractivity contribution < 1.29 is 19.1 Å². The van der Waals surface area contributed by atoms with E-state index < -0.39 is 5.60 Å². The van der Waals surface area contributed by atoms with Gasteiger partial charge in [0.2, 0.25) is 5.91 Å². The molecule has 0 aliphatic carbocycles. The first-order valence-corrected chi connectivity index (χ1v) is 8.33. The molecule has 2 saturated heterocycles. The number of rotatable bonds is 4. The summed E-state index contributed by atoms with van der Waals surface area (Å²) in [5.74, 6) is 0.0473. The Labute approximate surface area is 142 Å². The number of ether oxygens (including phenoxy) is 2. The number of fused-ring (bicyclic) bond motifs is 1. The van der Waals surface area contributed by atoms with Gasteiger partial charge in [-0.15, -0.1) is 0 Å². The number of carbonyl (C=O) groups excluding carboxylic acids is 2. The molecular formula is C18H24N2O4. The fraction of sp³-hybridized carbons (Fsp3) is 0.556. The topological polar surface area (TPSA) is 59.1 Å². The Hall–Kier alpha value is -1.92. The van der Waals surface area contributed by atoms with Crippen LogP contribution in [-0.2, 0) is 19.1 Å². The maximum atomic E-state index is 12.5. The number of piperidine rings is 1. The Balaban J connectivity index is 1.79. The third kappa shape index (κ3) is 3.16. The molecule has 2 heterocycles. The van der Waals surface area contributed by atoms with E-state index in [9.17, 15) is 9.59 Å². The number of nitrogens with zero attached hydrogens (tertiary/aromatic N) is 2. The van der Waals surface area contributed by atoms with Crippen molar-refractivity contribution in [3.8, 4) is 0 Å². The van der Waals surface area contributed by atoms with Crippen LogP contribution in [0.3, 0.4) is 0 Å². The van der Waals surface area contributed by atoms with Crippen molar-refractivity contribution in [1.82, 2.24) is 4.90 Å². The zero-order valence-electron chi connectivity index (χ0n) is 14.2. The Morgan fingerprint density at radius 3 is 2.83 bits per heavy atom. The molecular weight excluding hydrogens is 308 g/mol. The van der Waals surface area contributed by atoms with Gasteiger partial charge in [-0.1, -0.05) is 18.2 Å². The van der Waals surface area contributed by atoms with Gasteiger partial charge in [0.05, 0.1) is 25.6 Å². The molecule has 2 aliphatic heterocycles. The van der Waals surface area contributed by atoms with Crippen LogP contribution in [0.25, 0.3) is 0 Å². The Kier molecular flexibility index (Phi) is 4.87. The number of methoxy groups -OCH3 is 1. The molecule has 0 radical (unpaired) electrons. The van der Waals surface area contributed by atoms with Gasteiger partial charge in [0.15, 0.2) is 0 Å². The maximum absolute atomic E-state index is 12.5. The minimum Gasteiger partial charge on any atom is -0.384 e. The SMILES string of the molecule is COCCC(=O)N1CC[C@H]2N(c3ccccc3)C(=O)CO[C@]2(C)C1. The number of hydrogen-bond acceptors (Lipinski definition) is 4. The van der Waals surface area contributed by atoms with Gasteiger partial charge in [-0.05, 0) is 25.5 Å². The van der Waals surface area contributed by atoms with Crippen molar-refractivity contribution in [2.45, 2.75) is 31.4 Å². The summed E-state index contributed by atoms with van der Waals surface area (Å²) in [6.07, 6.45) is 1.08. The molecule has 2 amide bonds. The van der Waals surface area contributed by atoms with Gasteiger partial charge in [0.25, 0.3) is 5.91 Å². The van der Waals surface area contributed by atoms with E-state index in [1.54, 1.807) is 7.11 Å². The minimum atomic E-state index is -0.551. The molecule has 0 spiro atoms. The summed E-state index contributed by atoms with van der Waals surface area (Å²) in [4.78, 5) is 28.4. The molecule has 24 heavy (non-hydrogen) atoms. The number of benzene rings is 1. The van der Waals surface area contributed by atoms with E-state index >= 15 is 0 Å². The summed E-state index contributed by atoms with van der Waals surface area (Å²) >= 11 is 0. The first kappa shape index (κ1) is 16.9. The molecule has 2 aliphatic rings. The highest BCUT2D eigenvalue weighted by molar-refractivity contribution is 5.96. The Morgan fingerprint density at radius 1 is 1.38 bits per heavy atom. The van der Waals surface area contributed by atoms with E-state index in [2.05, 4.69) is 0 Å². The third-order valence-corrected chi connectivity index (χ3v) is 4.90. The first-order chi connectivity index (χ1) is 11.5. The van der Waals surface area contributed by atoms with Crippen LogP contribution in [0.1, 0.15) is 19.8 Å². The number of amides is 2. The predicted octanol–water partition coefficient (Wildman–Crippen LogP) is 1.45. The number of carbonyl (C=O) groups is 2. The number of anilines is 1. The van der Waals surface area contributed by atoms with Crippen molar-refractivity contribution in [2.75, 3.05) is 38.3 Å². The van der Waals surface area contributed by atoms with Crippen molar-refractivity contribution in [1.29, 1.82) is 0 Å². The molecule has 3 rings (SSSR count). The summed E-state index contributed by atoms with van der Waals surface area (Å²) in [5.41, 5.74) is 0.339. The minimum absolute atomic E-state index is 0.0252. The summed E-state index contributed by atoms with van der Waals surface area (Å²) in [6.45, 7) is 3.59. The first-order valence-electron chi connectivity index (χ1n) is 8.33.